The zero-order valence-corrected chi connectivity index (χ0v) is 14.9. The van der Waals surface area contributed by atoms with E-state index in [-0.39, 0.29) is 0 Å². The first-order valence-electron chi connectivity index (χ1n) is 7.01. The SMILES string of the molecule is CS(=O)(=O)c1ccc(CNc2ccnc3c(Br)cccc23)cc1. The summed E-state index contributed by atoms with van der Waals surface area (Å²) in [6.07, 6.45) is 2.98. The van der Waals surface area contributed by atoms with Crippen molar-refractivity contribution in [2.75, 3.05) is 11.6 Å². The van der Waals surface area contributed by atoms with Gasteiger partial charge in [-0.1, -0.05) is 24.3 Å². The molecule has 0 atom stereocenters. The highest BCUT2D eigenvalue weighted by Crippen LogP contribution is 2.27. The van der Waals surface area contributed by atoms with Gasteiger partial charge in [-0.05, 0) is 45.8 Å². The van der Waals surface area contributed by atoms with Gasteiger partial charge >= 0.3 is 0 Å². The summed E-state index contributed by atoms with van der Waals surface area (Å²) in [7, 11) is -3.15. The van der Waals surface area contributed by atoms with Crippen molar-refractivity contribution in [3.05, 3.63) is 64.8 Å². The van der Waals surface area contributed by atoms with Gasteiger partial charge in [0, 0.05) is 34.5 Å². The molecule has 1 aromatic heterocycles. The van der Waals surface area contributed by atoms with Crippen LogP contribution in [0, 0.1) is 0 Å². The number of pyridine rings is 1. The number of hydrogen-bond acceptors (Lipinski definition) is 4. The van der Waals surface area contributed by atoms with Gasteiger partial charge in [-0.15, -0.1) is 0 Å². The van der Waals surface area contributed by atoms with Crippen molar-refractivity contribution in [1.82, 2.24) is 4.98 Å². The predicted molar refractivity (Wildman–Crippen MR) is 96.3 cm³/mol. The molecule has 23 heavy (non-hydrogen) atoms. The molecule has 0 aliphatic rings. The number of aromatic nitrogens is 1. The summed E-state index contributed by atoms with van der Waals surface area (Å²) in [4.78, 5) is 4.71. The Morgan fingerprint density at radius 1 is 1.09 bits per heavy atom. The second kappa shape index (κ2) is 6.29. The third-order valence-corrected chi connectivity index (χ3v) is 5.32. The van der Waals surface area contributed by atoms with Crippen LogP contribution in [0.15, 0.2) is 64.1 Å². The molecule has 2 aromatic carbocycles. The Balaban J connectivity index is 1.83. The molecular formula is C17H15BrN2O2S. The van der Waals surface area contributed by atoms with Gasteiger partial charge in [-0.2, -0.15) is 0 Å². The van der Waals surface area contributed by atoms with Crippen molar-refractivity contribution in [2.24, 2.45) is 0 Å². The van der Waals surface area contributed by atoms with E-state index in [0.717, 1.165) is 26.6 Å². The van der Waals surface area contributed by atoms with Gasteiger partial charge in [0.05, 0.1) is 10.4 Å². The van der Waals surface area contributed by atoms with E-state index in [1.54, 1.807) is 18.3 Å². The molecule has 4 nitrogen and oxygen atoms in total. The van der Waals surface area contributed by atoms with Gasteiger partial charge in [0.25, 0.3) is 0 Å². The van der Waals surface area contributed by atoms with Crippen molar-refractivity contribution in [1.29, 1.82) is 0 Å². The second-order valence-corrected chi connectivity index (χ2v) is 8.13. The molecule has 0 unspecified atom stereocenters. The Hall–Kier alpha value is -1.92. The maximum Gasteiger partial charge on any atom is 0.175 e. The zero-order valence-electron chi connectivity index (χ0n) is 12.5. The van der Waals surface area contributed by atoms with Crippen LogP contribution in [0.1, 0.15) is 5.56 Å². The molecule has 0 bridgehead atoms. The molecule has 0 saturated heterocycles. The van der Waals surface area contributed by atoms with Gasteiger partial charge in [-0.3, -0.25) is 4.98 Å². The van der Waals surface area contributed by atoms with E-state index in [2.05, 4.69) is 26.2 Å². The molecule has 0 radical (unpaired) electrons. The number of para-hydroxylation sites is 1. The summed E-state index contributed by atoms with van der Waals surface area (Å²) in [6.45, 7) is 0.607. The normalized spacial score (nSPS) is 11.6. The number of nitrogens with one attached hydrogen (secondary N) is 1. The van der Waals surface area contributed by atoms with Crippen LogP contribution in [0.5, 0.6) is 0 Å². The van der Waals surface area contributed by atoms with Crippen molar-refractivity contribution < 1.29 is 8.42 Å². The van der Waals surface area contributed by atoms with Crippen LogP contribution in [0.2, 0.25) is 0 Å². The summed E-state index contributed by atoms with van der Waals surface area (Å²) in [5.41, 5.74) is 2.91. The zero-order chi connectivity index (χ0) is 16.4. The number of nitrogens with zero attached hydrogens (tertiary/aromatic N) is 1. The minimum Gasteiger partial charge on any atom is -0.380 e. The first-order valence-corrected chi connectivity index (χ1v) is 9.70. The topological polar surface area (TPSA) is 59.1 Å². The maximum absolute atomic E-state index is 11.5. The quantitative estimate of drug-likeness (QED) is 0.730. The fourth-order valence-corrected chi connectivity index (χ4v) is 3.44. The lowest BCUT2D eigenvalue weighted by Crippen LogP contribution is -2.02. The Labute approximate surface area is 143 Å². The lowest BCUT2D eigenvalue weighted by atomic mass is 10.1. The Bertz CT molecular complexity index is 954. The van der Waals surface area contributed by atoms with Crippen LogP contribution in [0.25, 0.3) is 10.9 Å². The fourth-order valence-electron chi connectivity index (χ4n) is 2.35. The van der Waals surface area contributed by atoms with Crippen LogP contribution in [-0.4, -0.2) is 19.7 Å². The lowest BCUT2D eigenvalue weighted by molar-refractivity contribution is 0.602. The molecule has 0 aliphatic heterocycles. The molecule has 0 spiro atoms. The smallest absolute Gasteiger partial charge is 0.175 e. The van der Waals surface area contributed by atoms with Crippen molar-refractivity contribution in [3.63, 3.8) is 0 Å². The number of sulfone groups is 1. The summed E-state index contributed by atoms with van der Waals surface area (Å²) in [5, 5.41) is 4.42. The molecule has 1 heterocycles. The average Bonchev–Trinajstić information content (AvgIpc) is 2.53. The summed E-state index contributed by atoms with van der Waals surface area (Å²) < 4.78 is 23.9. The van der Waals surface area contributed by atoms with Gasteiger partial charge in [0.2, 0.25) is 0 Å². The fraction of sp³-hybridized carbons (Fsp3) is 0.118. The van der Waals surface area contributed by atoms with Gasteiger partial charge in [0.1, 0.15) is 0 Å². The molecule has 118 valence electrons. The monoisotopic (exact) mass is 390 g/mol. The van der Waals surface area contributed by atoms with Crippen LogP contribution < -0.4 is 5.32 Å². The van der Waals surface area contributed by atoms with E-state index in [4.69, 9.17) is 0 Å². The highest BCUT2D eigenvalue weighted by molar-refractivity contribution is 9.10. The minimum atomic E-state index is -3.15. The van der Waals surface area contributed by atoms with E-state index in [1.807, 2.05) is 36.4 Å². The Morgan fingerprint density at radius 3 is 2.52 bits per heavy atom. The number of hydrogen-bond donors (Lipinski definition) is 1. The van der Waals surface area contributed by atoms with E-state index in [9.17, 15) is 8.42 Å². The predicted octanol–water partition coefficient (Wildman–Crippen LogP) is 4.01. The summed E-state index contributed by atoms with van der Waals surface area (Å²) in [6, 6.07) is 14.8. The third kappa shape index (κ3) is 3.54. The standard InChI is InChI=1S/C17H15BrN2O2S/c1-23(21,22)13-7-5-12(6-8-13)11-20-16-9-10-19-17-14(16)3-2-4-15(17)18/h2-10H,11H2,1H3,(H,19,20). The molecule has 3 aromatic rings. The summed E-state index contributed by atoms with van der Waals surface area (Å²) in [5.74, 6) is 0. The van der Waals surface area contributed by atoms with Crippen LogP contribution >= 0.6 is 15.9 Å². The molecule has 6 heteroatoms. The van der Waals surface area contributed by atoms with E-state index in [0.29, 0.717) is 11.4 Å². The molecule has 3 rings (SSSR count). The average molecular weight is 391 g/mol. The highest BCUT2D eigenvalue weighted by Gasteiger charge is 2.07. The van der Waals surface area contributed by atoms with Gasteiger partial charge < -0.3 is 5.32 Å². The minimum absolute atomic E-state index is 0.333. The number of benzene rings is 2. The van der Waals surface area contributed by atoms with Crippen LogP contribution in [0.4, 0.5) is 5.69 Å². The molecule has 0 saturated carbocycles. The van der Waals surface area contributed by atoms with Crippen molar-refractivity contribution in [3.8, 4) is 0 Å². The number of fused-ring (bicyclic) bond motifs is 1. The summed E-state index contributed by atoms with van der Waals surface area (Å²) >= 11 is 3.51. The maximum atomic E-state index is 11.5. The van der Waals surface area contributed by atoms with E-state index >= 15 is 0 Å². The first-order chi connectivity index (χ1) is 10.9. The van der Waals surface area contributed by atoms with Crippen LogP contribution in [0.3, 0.4) is 0 Å². The first kappa shape index (κ1) is 16.0. The second-order valence-electron chi connectivity index (χ2n) is 5.26. The number of anilines is 1. The number of halogens is 1. The largest absolute Gasteiger partial charge is 0.380 e. The van der Waals surface area contributed by atoms with E-state index in [1.165, 1.54) is 6.26 Å². The lowest BCUT2D eigenvalue weighted by Gasteiger charge is -2.10. The van der Waals surface area contributed by atoms with Crippen molar-refractivity contribution >= 4 is 42.4 Å². The number of rotatable bonds is 4. The Kier molecular flexibility index (Phi) is 4.37. The van der Waals surface area contributed by atoms with Gasteiger partial charge in [0.15, 0.2) is 9.84 Å². The molecular weight excluding hydrogens is 376 g/mol. The van der Waals surface area contributed by atoms with Gasteiger partial charge in [-0.25, -0.2) is 8.42 Å². The molecule has 0 amide bonds. The van der Waals surface area contributed by atoms with Crippen LogP contribution in [-0.2, 0) is 16.4 Å². The third-order valence-electron chi connectivity index (χ3n) is 3.56. The Morgan fingerprint density at radius 2 is 1.83 bits per heavy atom. The molecule has 0 fully saturated rings. The highest BCUT2D eigenvalue weighted by atomic mass is 79.9. The molecule has 0 aliphatic carbocycles. The molecule has 1 N–H and O–H groups in total. The van der Waals surface area contributed by atoms with E-state index < -0.39 is 9.84 Å². The van der Waals surface area contributed by atoms with Crippen molar-refractivity contribution in [2.45, 2.75) is 11.4 Å².